The second-order valence-electron chi connectivity index (χ2n) is 9.75. The Balaban J connectivity index is 1.70. The lowest BCUT2D eigenvalue weighted by molar-refractivity contribution is 0.0548. The third-order valence-corrected chi connectivity index (χ3v) is 7.54. The van der Waals surface area contributed by atoms with Crippen molar-refractivity contribution in [3.63, 3.8) is 0 Å². The van der Waals surface area contributed by atoms with Gasteiger partial charge in [-0.1, -0.05) is 29.5 Å². The van der Waals surface area contributed by atoms with E-state index < -0.39 is 5.97 Å². The van der Waals surface area contributed by atoms with Crippen LogP contribution in [-0.2, 0) is 16.5 Å². The number of pyridine rings is 1. The van der Waals surface area contributed by atoms with Crippen molar-refractivity contribution in [3.05, 3.63) is 77.4 Å². The Bertz CT molecular complexity index is 1650. The van der Waals surface area contributed by atoms with E-state index in [1.165, 1.54) is 19.4 Å². The lowest BCUT2D eigenvalue weighted by Crippen LogP contribution is -2.27. The van der Waals surface area contributed by atoms with E-state index in [-0.39, 0.29) is 17.8 Å². The number of benzene rings is 2. The first-order valence-electron chi connectivity index (χ1n) is 12.7. The van der Waals surface area contributed by atoms with Gasteiger partial charge in [0.15, 0.2) is 0 Å². The van der Waals surface area contributed by atoms with Gasteiger partial charge in [0.1, 0.15) is 5.82 Å². The lowest BCUT2D eigenvalue weighted by Gasteiger charge is -2.33. The summed E-state index contributed by atoms with van der Waals surface area (Å²) in [5.74, 6) is -0.620. The molecule has 1 saturated heterocycles. The second kappa shape index (κ2) is 9.64. The Hall–Kier alpha value is -4.11. The minimum Gasteiger partial charge on any atom is -0.465 e. The van der Waals surface area contributed by atoms with Gasteiger partial charge < -0.3 is 14.0 Å². The van der Waals surface area contributed by atoms with Gasteiger partial charge in [-0.2, -0.15) is 0 Å². The lowest BCUT2D eigenvalue weighted by atomic mass is 9.86. The van der Waals surface area contributed by atoms with Crippen LogP contribution in [0.3, 0.4) is 0 Å². The first-order chi connectivity index (χ1) is 18.5. The van der Waals surface area contributed by atoms with Crippen LogP contribution in [0.5, 0.6) is 0 Å². The van der Waals surface area contributed by atoms with Crippen molar-refractivity contribution in [2.24, 2.45) is 13.0 Å². The van der Waals surface area contributed by atoms with Crippen LogP contribution < -0.4 is 0 Å². The molecule has 2 aromatic carbocycles. The van der Waals surface area contributed by atoms with Crippen LogP contribution >= 0.6 is 0 Å². The zero-order valence-corrected chi connectivity index (χ0v) is 21.5. The number of carbonyl (C=O) groups is 1. The predicted octanol–water partition coefficient (Wildman–Crippen LogP) is 5.24. The summed E-state index contributed by atoms with van der Waals surface area (Å²) in [5, 5.41) is 9.32. The maximum atomic E-state index is 15.5. The number of hydrogen-bond acceptors (Lipinski definition) is 6. The maximum Gasteiger partial charge on any atom is 0.339 e. The van der Waals surface area contributed by atoms with E-state index in [2.05, 4.69) is 20.9 Å². The molecule has 1 fully saturated rings. The van der Waals surface area contributed by atoms with Gasteiger partial charge in [-0.05, 0) is 49.9 Å². The van der Waals surface area contributed by atoms with E-state index in [1.807, 2.05) is 38.2 Å². The molecule has 0 saturated carbocycles. The molecule has 0 spiro atoms. The smallest absolute Gasteiger partial charge is 0.339 e. The highest BCUT2D eigenvalue weighted by atomic mass is 19.1. The van der Waals surface area contributed by atoms with Crippen LogP contribution in [0.1, 0.15) is 40.5 Å². The number of rotatable bonds is 5. The summed E-state index contributed by atoms with van der Waals surface area (Å²) < 4.78 is 30.1. The molecule has 9 heteroatoms. The van der Waals surface area contributed by atoms with Crippen LogP contribution in [0.25, 0.3) is 33.2 Å². The molecule has 1 unspecified atom stereocenters. The standard InChI is InChI=1S/C29H28FN5O3/c1-17-27(34(2)33-32-17)19-8-9-22-24(14-19)35(25-15-20(29(36)37-3)16-31-26(22)25)28(18-10-12-38-13-11-18)21-6-4-5-7-23(21)30/h4-9,14-16,18,28H,10-13H2,1-3H3. The number of halogens is 1. The first-order valence-corrected chi connectivity index (χ1v) is 12.7. The number of aromatic nitrogens is 5. The van der Waals surface area contributed by atoms with Crippen LogP contribution in [0.2, 0.25) is 0 Å². The third-order valence-electron chi connectivity index (χ3n) is 7.54. The normalized spacial score (nSPS) is 15.3. The van der Waals surface area contributed by atoms with Gasteiger partial charge >= 0.3 is 5.97 Å². The van der Waals surface area contributed by atoms with Crippen molar-refractivity contribution in [1.29, 1.82) is 0 Å². The fourth-order valence-corrected chi connectivity index (χ4v) is 5.79. The maximum absolute atomic E-state index is 15.5. The molecule has 0 amide bonds. The van der Waals surface area contributed by atoms with Crippen molar-refractivity contribution >= 4 is 27.9 Å². The zero-order chi connectivity index (χ0) is 26.4. The average Bonchev–Trinajstić information content (AvgIpc) is 3.45. The molecule has 5 aromatic rings. The van der Waals surface area contributed by atoms with Gasteiger partial charge in [0.25, 0.3) is 0 Å². The molecule has 0 N–H and O–H groups in total. The van der Waals surface area contributed by atoms with Gasteiger partial charge in [-0.3, -0.25) is 4.98 Å². The fraction of sp³-hybridized carbons (Fsp3) is 0.310. The van der Waals surface area contributed by atoms with Gasteiger partial charge in [0.05, 0.1) is 46.7 Å². The largest absolute Gasteiger partial charge is 0.465 e. The first kappa shape index (κ1) is 24.2. The summed E-state index contributed by atoms with van der Waals surface area (Å²) in [6.45, 7) is 3.16. The van der Waals surface area contributed by atoms with Gasteiger partial charge in [-0.25, -0.2) is 13.9 Å². The minimum atomic E-state index is -0.470. The number of nitrogens with zero attached hydrogens (tertiary/aromatic N) is 5. The van der Waals surface area contributed by atoms with Crippen molar-refractivity contribution in [2.45, 2.75) is 25.8 Å². The summed E-state index contributed by atoms with van der Waals surface area (Å²) in [6.07, 6.45) is 3.11. The molecule has 1 aliphatic heterocycles. The van der Waals surface area contributed by atoms with Crippen LogP contribution in [-0.4, -0.2) is 50.8 Å². The van der Waals surface area contributed by atoms with E-state index >= 15 is 4.39 Å². The molecule has 38 heavy (non-hydrogen) atoms. The van der Waals surface area contributed by atoms with Crippen LogP contribution in [0, 0.1) is 18.7 Å². The molecule has 0 aliphatic carbocycles. The Morgan fingerprint density at radius 1 is 1.13 bits per heavy atom. The molecular formula is C29H28FN5O3. The number of hydrogen-bond donors (Lipinski definition) is 0. The van der Waals surface area contributed by atoms with E-state index in [1.54, 1.807) is 16.8 Å². The molecule has 3 aromatic heterocycles. The van der Waals surface area contributed by atoms with Crippen molar-refractivity contribution < 1.29 is 18.7 Å². The van der Waals surface area contributed by atoms with Crippen molar-refractivity contribution in [2.75, 3.05) is 20.3 Å². The number of esters is 1. The molecule has 0 bridgehead atoms. The number of fused-ring (bicyclic) bond motifs is 3. The quantitative estimate of drug-likeness (QED) is 0.299. The molecule has 1 aliphatic rings. The Morgan fingerprint density at radius 3 is 2.63 bits per heavy atom. The van der Waals surface area contributed by atoms with Crippen LogP contribution in [0.15, 0.2) is 54.7 Å². The van der Waals surface area contributed by atoms with E-state index in [0.29, 0.717) is 24.3 Å². The Morgan fingerprint density at radius 2 is 1.92 bits per heavy atom. The highest BCUT2D eigenvalue weighted by Gasteiger charge is 2.32. The number of methoxy groups -OCH3 is 1. The SMILES string of the molecule is COC(=O)c1cnc2c3ccc(-c4c(C)nnn4C)cc3n(C(c3ccccc3F)C3CCOCC3)c2c1. The van der Waals surface area contributed by atoms with E-state index in [4.69, 9.17) is 14.5 Å². The summed E-state index contributed by atoms with van der Waals surface area (Å²) in [5.41, 5.74) is 6.00. The number of aryl methyl sites for hydroxylation is 2. The molecule has 194 valence electrons. The molecule has 4 heterocycles. The van der Waals surface area contributed by atoms with Gasteiger partial charge in [0, 0.05) is 43.0 Å². The topological polar surface area (TPSA) is 84.1 Å². The summed E-state index contributed by atoms with van der Waals surface area (Å²) in [4.78, 5) is 17.2. The highest BCUT2D eigenvalue weighted by Crippen LogP contribution is 2.42. The highest BCUT2D eigenvalue weighted by molar-refractivity contribution is 6.08. The molecular weight excluding hydrogens is 485 g/mol. The monoisotopic (exact) mass is 513 g/mol. The molecule has 0 radical (unpaired) electrons. The fourth-order valence-electron chi connectivity index (χ4n) is 5.79. The van der Waals surface area contributed by atoms with Crippen molar-refractivity contribution in [1.82, 2.24) is 24.5 Å². The Labute approximate surface area is 219 Å². The molecule has 1 atom stereocenters. The third kappa shape index (κ3) is 3.94. The average molecular weight is 514 g/mol. The van der Waals surface area contributed by atoms with Gasteiger partial charge in [0.2, 0.25) is 0 Å². The Kier molecular flexibility index (Phi) is 6.15. The summed E-state index contributed by atoms with van der Waals surface area (Å²) in [6, 6.07) is 14.5. The summed E-state index contributed by atoms with van der Waals surface area (Å²) >= 11 is 0. The zero-order valence-electron chi connectivity index (χ0n) is 21.5. The van der Waals surface area contributed by atoms with Crippen LogP contribution in [0.4, 0.5) is 4.39 Å². The van der Waals surface area contributed by atoms with Crippen molar-refractivity contribution in [3.8, 4) is 11.3 Å². The molecule has 6 rings (SSSR count). The van der Waals surface area contributed by atoms with Gasteiger partial charge in [-0.15, -0.1) is 5.10 Å². The predicted molar refractivity (Wildman–Crippen MR) is 141 cm³/mol. The minimum absolute atomic E-state index is 0.116. The van der Waals surface area contributed by atoms with E-state index in [9.17, 15) is 4.79 Å². The number of ether oxygens (including phenoxy) is 2. The number of carbonyl (C=O) groups excluding carboxylic acids is 1. The second-order valence-corrected chi connectivity index (χ2v) is 9.75. The molecule has 8 nitrogen and oxygen atoms in total. The summed E-state index contributed by atoms with van der Waals surface area (Å²) in [7, 11) is 3.21. The van der Waals surface area contributed by atoms with E-state index in [0.717, 1.165) is 51.7 Å².